The Labute approximate surface area is 221 Å². The molecule has 1 heterocycles. The van der Waals surface area contributed by atoms with Crippen LogP contribution in [0.3, 0.4) is 0 Å². The number of carbonyl (C=O) groups is 3. The van der Waals surface area contributed by atoms with E-state index in [1.54, 1.807) is 50.2 Å². The fourth-order valence-corrected chi connectivity index (χ4v) is 4.92. The Morgan fingerprint density at radius 3 is 2.21 bits per heavy atom. The number of para-hydroxylation sites is 1. The molecule has 0 spiro atoms. The molecule has 2 aromatic carbocycles. The highest BCUT2D eigenvalue weighted by Gasteiger charge is 2.32. The molecule has 0 aliphatic heterocycles. The first-order chi connectivity index (χ1) is 17.9. The molecule has 1 aromatic heterocycles. The van der Waals surface area contributed by atoms with Gasteiger partial charge in [0, 0.05) is 16.1 Å². The average molecular weight is 549 g/mol. The molecule has 0 aliphatic rings. The van der Waals surface area contributed by atoms with E-state index in [1.165, 1.54) is 28.4 Å². The Balaban J connectivity index is 1.86. The molecule has 0 saturated carbocycles. The Hall–Kier alpha value is -3.86. The summed E-state index contributed by atoms with van der Waals surface area (Å²) in [7, 11) is 0. The van der Waals surface area contributed by atoms with E-state index in [-0.39, 0.29) is 28.6 Å². The molecule has 3 aromatic rings. The zero-order valence-corrected chi connectivity index (χ0v) is 21.7. The van der Waals surface area contributed by atoms with Gasteiger partial charge in [-0.05, 0) is 54.8 Å². The molecule has 0 fully saturated rings. The zero-order chi connectivity index (χ0) is 28.0. The van der Waals surface area contributed by atoms with Gasteiger partial charge in [-0.3, -0.25) is 9.59 Å². The van der Waals surface area contributed by atoms with Gasteiger partial charge >= 0.3 is 12.3 Å². The molecule has 0 aliphatic carbocycles. The van der Waals surface area contributed by atoms with Crippen molar-refractivity contribution in [3.05, 3.63) is 76.7 Å². The second-order valence-electron chi connectivity index (χ2n) is 8.75. The standard InChI is InChI=1S/C27H27F3N2O5S/c1-4-20-14-21(24(34)17-10-12-19(13-11-17)37-27(28,29)30)25(38-20)31-22(33)15-32(18-8-6-5-7-9-18)23(16(2)3)26(35)36/h5-14,16,23H,4,15H2,1-3H3,(H,31,33)(H,35,36)/t23-/m0/s1. The Kier molecular flexibility index (Phi) is 9.16. The summed E-state index contributed by atoms with van der Waals surface area (Å²) in [4.78, 5) is 40.7. The minimum Gasteiger partial charge on any atom is -0.480 e. The number of carboxylic acids is 1. The molecular formula is C27H27F3N2O5S. The summed E-state index contributed by atoms with van der Waals surface area (Å²) in [6.07, 6.45) is -4.26. The molecule has 0 saturated heterocycles. The normalized spacial score (nSPS) is 12.2. The van der Waals surface area contributed by atoms with Crippen molar-refractivity contribution in [1.82, 2.24) is 0 Å². The average Bonchev–Trinajstić information content (AvgIpc) is 3.25. The maximum atomic E-state index is 13.2. The van der Waals surface area contributed by atoms with Gasteiger partial charge in [0.15, 0.2) is 5.78 Å². The lowest BCUT2D eigenvalue weighted by atomic mass is 10.0. The SMILES string of the molecule is CCc1cc(C(=O)c2ccc(OC(F)(F)F)cc2)c(NC(=O)CN(c2ccccc2)[C@H](C(=O)O)C(C)C)s1. The number of carboxylic acid groups (broad SMARTS) is 1. The van der Waals surface area contributed by atoms with Gasteiger partial charge in [0.05, 0.1) is 12.1 Å². The minimum absolute atomic E-state index is 0.118. The number of aliphatic carboxylic acids is 1. The van der Waals surface area contributed by atoms with Crippen molar-refractivity contribution >= 4 is 39.7 Å². The molecule has 38 heavy (non-hydrogen) atoms. The monoisotopic (exact) mass is 548 g/mol. The molecule has 3 rings (SSSR count). The number of ketones is 1. The van der Waals surface area contributed by atoms with Crippen LogP contribution in [0.15, 0.2) is 60.7 Å². The van der Waals surface area contributed by atoms with E-state index in [9.17, 15) is 32.7 Å². The topological polar surface area (TPSA) is 95.9 Å². The van der Waals surface area contributed by atoms with E-state index in [0.717, 1.165) is 17.0 Å². The van der Waals surface area contributed by atoms with Crippen LogP contribution in [0.25, 0.3) is 0 Å². The lowest BCUT2D eigenvalue weighted by Crippen LogP contribution is -2.48. The highest BCUT2D eigenvalue weighted by atomic mass is 32.1. The molecular weight excluding hydrogens is 521 g/mol. The van der Waals surface area contributed by atoms with Crippen LogP contribution >= 0.6 is 11.3 Å². The number of rotatable bonds is 11. The Bertz CT molecular complexity index is 1270. The van der Waals surface area contributed by atoms with Crippen LogP contribution in [0, 0.1) is 5.92 Å². The summed E-state index contributed by atoms with van der Waals surface area (Å²) in [6.45, 7) is 5.10. The van der Waals surface area contributed by atoms with E-state index >= 15 is 0 Å². The number of thiophene rings is 1. The third-order valence-electron chi connectivity index (χ3n) is 5.60. The first-order valence-electron chi connectivity index (χ1n) is 11.8. The summed E-state index contributed by atoms with van der Waals surface area (Å²) in [5, 5.41) is 12.9. The number of anilines is 2. The highest BCUT2D eigenvalue weighted by Crippen LogP contribution is 2.32. The number of hydrogen-bond donors (Lipinski definition) is 2. The van der Waals surface area contributed by atoms with Crippen LogP contribution < -0.4 is 15.0 Å². The number of nitrogens with one attached hydrogen (secondary N) is 1. The molecule has 202 valence electrons. The molecule has 1 atom stereocenters. The Morgan fingerprint density at radius 2 is 1.68 bits per heavy atom. The van der Waals surface area contributed by atoms with Gasteiger partial charge in [0.2, 0.25) is 5.91 Å². The van der Waals surface area contributed by atoms with E-state index < -0.39 is 35.8 Å². The fraction of sp³-hybridized carbons (Fsp3) is 0.296. The maximum Gasteiger partial charge on any atom is 0.573 e. The molecule has 0 radical (unpaired) electrons. The molecule has 0 unspecified atom stereocenters. The number of benzene rings is 2. The summed E-state index contributed by atoms with van der Waals surface area (Å²) in [5.74, 6) is -2.85. The van der Waals surface area contributed by atoms with Gasteiger partial charge in [-0.2, -0.15) is 0 Å². The maximum absolute atomic E-state index is 13.2. The van der Waals surface area contributed by atoms with Crippen molar-refractivity contribution in [3.63, 3.8) is 0 Å². The molecule has 1 amide bonds. The van der Waals surface area contributed by atoms with Crippen LogP contribution in [0.2, 0.25) is 0 Å². The van der Waals surface area contributed by atoms with Crippen molar-refractivity contribution in [3.8, 4) is 5.75 Å². The summed E-state index contributed by atoms with van der Waals surface area (Å²) < 4.78 is 41.2. The van der Waals surface area contributed by atoms with E-state index in [4.69, 9.17) is 0 Å². The second kappa shape index (κ2) is 12.1. The van der Waals surface area contributed by atoms with Crippen LogP contribution in [-0.4, -0.2) is 41.7 Å². The summed E-state index contributed by atoms with van der Waals surface area (Å²) >= 11 is 1.20. The molecule has 7 nitrogen and oxygen atoms in total. The largest absolute Gasteiger partial charge is 0.573 e. The number of halogens is 3. The van der Waals surface area contributed by atoms with Gasteiger partial charge < -0.3 is 20.1 Å². The third kappa shape index (κ3) is 7.34. The number of carbonyl (C=O) groups excluding carboxylic acids is 2. The van der Waals surface area contributed by atoms with Crippen molar-refractivity contribution in [2.45, 2.75) is 39.6 Å². The zero-order valence-electron chi connectivity index (χ0n) is 20.9. The van der Waals surface area contributed by atoms with Crippen LogP contribution in [0.4, 0.5) is 23.9 Å². The third-order valence-corrected chi connectivity index (χ3v) is 6.80. The van der Waals surface area contributed by atoms with E-state index in [1.807, 2.05) is 6.92 Å². The smallest absolute Gasteiger partial charge is 0.480 e. The molecule has 11 heteroatoms. The number of ether oxygens (including phenoxy) is 1. The molecule has 2 N–H and O–H groups in total. The quantitative estimate of drug-likeness (QED) is 0.286. The van der Waals surface area contributed by atoms with E-state index in [2.05, 4.69) is 10.1 Å². The predicted molar refractivity (Wildman–Crippen MR) is 139 cm³/mol. The van der Waals surface area contributed by atoms with Gasteiger partial charge in [-0.25, -0.2) is 4.79 Å². The van der Waals surface area contributed by atoms with Crippen LogP contribution in [0.5, 0.6) is 5.75 Å². The fourth-order valence-electron chi connectivity index (χ4n) is 3.91. The van der Waals surface area contributed by atoms with Gasteiger partial charge in [-0.1, -0.05) is 39.0 Å². The minimum atomic E-state index is -4.85. The summed E-state index contributed by atoms with van der Waals surface area (Å²) in [5.41, 5.74) is 0.864. The Morgan fingerprint density at radius 1 is 1.05 bits per heavy atom. The number of alkyl halides is 3. The molecule has 0 bridgehead atoms. The number of nitrogens with zero attached hydrogens (tertiary/aromatic N) is 1. The van der Waals surface area contributed by atoms with Crippen molar-refractivity contribution in [1.29, 1.82) is 0 Å². The second-order valence-corrected chi connectivity index (χ2v) is 9.89. The van der Waals surface area contributed by atoms with Crippen LogP contribution in [-0.2, 0) is 16.0 Å². The van der Waals surface area contributed by atoms with Gasteiger partial charge in [0.25, 0.3) is 0 Å². The number of amides is 1. The summed E-state index contributed by atoms with van der Waals surface area (Å²) in [6, 6.07) is 13.9. The van der Waals surface area contributed by atoms with Crippen molar-refractivity contribution < 1.29 is 37.4 Å². The van der Waals surface area contributed by atoms with Gasteiger partial charge in [-0.15, -0.1) is 24.5 Å². The predicted octanol–water partition coefficient (Wildman–Crippen LogP) is 5.99. The first-order valence-corrected chi connectivity index (χ1v) is 12.6. The number of aryl methyl sites for hydroxylation is 1. The number of hydrogen-bond acceptors (Lipinski definition) is 6. The van der Waals surface area contributed by atoms with Gasteiger partial charge in [0.1, 0.15) is 16.8 Å². The lowest BCUT2D eigenvalue weighted by molar-refractivity contribution is -0.274. The lowest BCUT2D eigenvalue weighted by Gasteiger charge is -2.32. The van der Waals surface area contributed by atoms with Crippen molar-refractivity contribution in [2.24, 2.45) is 5.92 Å². The van der Waals surface area contributed by atoms with Crippen LogP contribution in [0.1, 0.15) is 41.6 Å². The van der Waals surface area contributed by atoms with E-state index in [0.29, 0.717) is 12.1 Å². The van der Waals surface area contributed by atoms with Crippen molar-refractivity contribution in [2.75, 3.05) is 16.8 Å². The highest BCUT2D eigenvalue weighted by molar-refractivity contribution is 7.16. The first kappa shape index (κ1) is 28.7.